The lowest BCUT2D eigenvalue weighted by molar-refractivity contribution is -0.0292. The number of thiazole rings is 1. The summed E-state index contributed by atoms with van der Waals surface area (Å²) < 4.78 is 24.5. The van der Waals surface area contributed by atoms with Gasteiger partial charge in [-0.1, -0.05) is 30.3 Å². The third-order valence-corrected chi connectivity index (χ3v) is 6.31. The highest BCUT2D eigenvalue weighted by Crippen LogP contribution is 2.21. The number of nitrogens with one attached hydrogen (secondary N) is 1. The van der Waals surface area contributed by atoms with Gasteiger partial charge in [0.15, 0.2) is 0 Å². The first-order chi connectivity index (χ1) is 15.6. The van der Waals surface area contributed by atoms with Gasteiger partial charge in [0.1, 0.15) is 28.1 Å². The standard InChI is InChI=1S/C24H26FN3O3S/c1-17-23(32-22(27-17)16-31-20-9-7-19(25)8-10-20)24(29)26-13-21-15-28(11-12-30-21)14-18-5-3-2-4-6-18/h2-10,21H,11-16H2,1H3,(H,26,29). The first-order valence-corrected chi connectivity index (χ1v) is 11.4. The van der Waals surface area contributed by atoms with Crippen LogP contribution in [0, 0.1) is 12.7 Å². The van der Waals surface area contributed by atoms with Crippen LogP contribution in [-0.2, 0) is 17.9 Å². The zero-order valence-corrected chi connectivity index (χ0v) is 18.7. The molecular weight excluding hydrogens is 429 g/mol. The summed E-state index contributed by atoms with van der Waals surface area (Å²) in [6.07, 6.45) is -0.0501. The van der Waals surface area contributed by atoms with Gasteiger partial charge in [0, 0.05) is 26.2 Å². The Kier molecular flexibility index (Phi) is 7.47. The molecule has 4 rings (SSSR count). The maximum Gasteiger partial charge on any atom is 0.263 e. The van der Waals surface area contributed by atoms with Gasteiger partial charge >= 0.3 is 0 Å². The lowest BCUT2D eigenvalue weighted by Gasteiger charge is -2.33. The smallest absolute Gasteiger partial charge is 0.263 e. The Morgan fingerprint density at radius 3 is 2.81 bits per heavy atom. The SMILES string of the molecule is Cc1nc(COc2ccc(F)cc2)sc1C(=O)NCC1CN(Cc2ccccc2)CCO1. The monoisotopic (exact) mass is 455 g/mol. The van der Waals surface area contributed by atoms with Crippen molar-refractivity contribution in [2.24, 2.45) is 0 Å². The lowest BCUT2D eigenvalue weighted by atomic mass is 10.2. The first-order valence-electron chi connectivity index (χ1n) is 10.6. The van der Waals surface area contributed by atoms with Gasteiger partial charge in [-0.05, 0) is 36.8 Å². The number of hydrogen-bond acceptors (Lipinski definition) is 6. The van der Waals surface area contributed by atoms with Crippen LogP contribution in [0.2, 0.25) is 0 Å². The zero-order chi connectivity index (χ0) is 22.3. The van der Waals surface area contributed by atoms with Crippen LogP contribution < -0.4 is 10.1 Å². The van der Waals surface area contributed by atoms with E-state index in [0.29, 0.717) is 34.5 Å². The minimum atomic E-state index is -0.313. The van der Waals surface area contributed by atoms with Gasteiger partial charge in [0.2, 0.25) is 0 Å². The molecule has 1 atom stereocenters. The molecule has 168 valence electrons. The number of rotatable bonds is 8. The molecule has 6 nitrogen and oxygen atoms in total. The quantitative estimate of drug-likeness (QED) is 0.560. The van der Waals surface area contributed by atoms with Crippen LogP contribution in [0.1, 0.15) is 25.9 Å². The molecule has 0 spiro atoms. The van der Waals surface area contributed by atoms with E-state index in [-0.39, 0.29) is 24.4 Å². The van der Waals surface area contributed by atoms with Gasteiger partial charge in [-0.15, -0.1) is 11.3 Å². The molecule has 2 aromatic carbocycles. The van der Waals surface area contributed by atoms with Crippen molar-refractivity contribution in [2.75, 3.05) is 26.2 Å². The van der Waals surface area contributed by atoms with Crippen molar-refractivity contribution >= 4 is 17.2 Å². The van der Waals surface area contributed by atoms with Gasteiger partial charge in [0.05, 0.1) is 18.4 Å². The fourth-order valence-electron chi connectivity index (χ4n) is 3.58. The Morgan fingerprint density at radius 1 is 1.25 bits per heavy atom. The second-order valence-electron chi connectivity index (χ2n) is 7.69. The Balaban J connectivity index is 1.26. The number of carbonyl (C=O) groups excluding carboxylic acids is 1. The average Bonchev–Trinajstić information content (AvgIpc) is 3.18. The summed E-state index contributed by atoms with van der Waals surface area (Å²) in [4.78, 5) is 20.1. The number of aromatic nitrogens is 1. The summed E-state index contributed by atoms with van der Waals surface area (Å²) in [5.41, 5.74) is 1.94. The summed E-state index contributed by atoms with van der Waals surface area (Å²) in [5.74, 6) is 0.0862. The van der Waals surface area contributed by atoms with E-state index < -0.39 is 0 Å². The van der Waals surface area contributed by atoms with E-state index in [1.54, 1.807) is 12.1 Å². The molecule has 32 heavy (non-hydrogen) atoms. The van der Waals surface area contributed by atoms with Crippen LogP contribution in [0.15, 0.2) is 54.6 Å². The van der Waals surface area contributed by atoms with Crippen molar-refractivity contribution in [3.8, 4) is 5.75 Å². The second kappa shape index (κ2) is 10.7. The number of hydrogen-bond donors (Lipinski definition) is 1. The van der Waals surface area contributed by atoms with Crippen molar-refractivity contribution in [3.05, 3.63) is 81.6 Å². The molecule has 0 bridgehead atoms. The van der Waals surface area contributed by atoms with E-state index >= 15 is 0 Å². The third kappa shape index (κ3) is 6.12. The molecule has 1 fully saturated rings. The van der Waals surface area contributed by atoms with Gasteiger partial charge in [0.25, 0.3) is 5.91 Å². The van der Waals surface area contributed by atoms with Crippen LogP contribution >= 0.6 is 11.3 Å². The van der Waals surface area contributed by atoms with Crippen molar-refractivity contribution in [1.82, 2.24) is 15.2 Å². The molecule has 8 heteroatoms. The van der Waals surface area contributed by atoms with E-state index in [2.05, 4.69) is 27.3 Å². The highest BCUT2D eigenvalue weighted by atomic mass is 32.1. The van der Waals surface area contributed by atoms with Crippen LogP contribution in [0.5, 0.6) is 5.75 Å². The minimum Gasteiger partial charge on any atom is -0.486 e. The molecule has 3 aromatic rings. The predicted octanol–water partition coefficient (Wildman–Crippen LogP) is 3.80. The number of aryl methyl sites for hydroxylation is 1. The summed E-state index contributed by atoms with van der Waals surface area (Å²) in [5, 5.41) is 3.68. The summed E-state index contributed by atoms with van der Waals surface area (Å²) in [6.45, 7) is 5.66. The molecule has 1 aliphatic rings. The molecule has 2 heterocycles. The first kappa shape index (κ1) is 22.4. The largest absolute Gasteiger partial charge is 0.486 e. The summed E-state index contributed by atoms with van der Waals surface area (Å²) in [7, 11) is 0. The van der Waals surface area contributed by atoms with Crippen molar-refractivity contribution in [1.29, 1.82) is 0 Å². The molecule has 1 aromatic heterocycles. The minimum absolute atomic E-state index is 0.0501. The average molecular weight is 456 g/mol. The van der Waals surface area contributed by atoms with Crippen LogP contribution in [0.4, 0.5) is 4.39 Å². The Bertz CT molecular complexity index is 1030. The Hall–Kier alpha value is -2.81. The number of ether oxygens (including phenoxy) is 2. The van der Waals surface area contributed by atoms with Crippen LogP contribution in [-0.4, -0.2) is 48.1 Å². The molecule has 1 unspecified atom stereocenters. The van der Waals surface area contributed by atoms with E-state index in [4.69, 9.17) is 9.47 Å². The van der Waals surface area contributed by atoms with Crippen molar-refractivity contribution in [2.45, 2.75) is 26.2 Å². The number of benzene rings is 2. The highest BCUT2D eigenvalue weighted by Gasteiger charge is 2.22. The fourth-order valence-corrected chi connectivity index (χ4v) is 4.47. The summed E-state index contributed by atoms with van der Waals surface area (Å²) in [6, 6.07) is 16.2. The van der Waals surface area contributed by atoms with Crippen LogP contribution in [0.3, 0.4) is 0 Å². The number of halogens is 1. The van der Waals surface area contributed by atoms with Gasteiger partial charge in [-0.25, -0.2) is 9.37 Å². The summed E-state index contributed by atoms with van der Waals surface area (Å²) >= 11 is 1.31. The second-order valence-corrected chi connectivity index (χ2v) is 8.77. The Labute approximate surface area is 191 Å². The zero-order valence-electron chi connectivity index (χ0n) is 17.9. The predicted molar refractivity (Wildman–Crippen MR) is 121 cm³/mol. The van der Waals surface area contributed by atoms with Gasteiger partial charge in [-0.3, -0.25) is 9.69 Å². The van der Waals surface area contributed by atoms with Crippen molar-refractivity contribution < 1.29 is 18.7 Å². The molecule has 0 saturated carbocycles. The molecule has 1 aliphatic heterocycles. The number of amides is 1. The fraction of sp³-hybridized carbons (Fsp3) is 0.333. The molecular formula is C24H26FN3O3S. The maximum atomic E-state index is 13.0. The maximum absolute atomic E-state index is 13.0. The highest BCUT2D eigenvalue weighted by molar-refractivity contribution is 7.13. The van der Waals surface area contributed by atoms with E-state index in [9.17, 15) is 9.18 Å². The van der Waals surface area contributed by atoms with E-state index in [1.165, 1.54) is 29.0 Å². The van der Waals surface area contributed by atoms with E-state index in [1.807, 2.05) is 25.1 Å². The number of carbonyl (C=O) groups is 1. The molecule has 0 aliphatic carbocycles. The molecule has 1 saturated heterocycles. The van der Waals surface area contributed by atoms with Crippen LogP contribution in [0.25, 0.3) is 0 Å². The molecule has 0 radical (unpaired) electrons. The van der Waals surface area contributed by atoms with E-state index in [0.717, 1.165) is 19.6 Å². The third-order valence-electron chi connectivity index (χ3n) is 5.19. The number of nitrogens with zero attached hydrogens (tertiary/aromatic N) is 2. The van der Waals surface area contributed by atoms with Gasteiger partial charge < -0.3 is 14.8 Å². The lowest BCUT2D eigenvalue weighted by Crippen LogP contribution is -2.47. The Morgan fingerprint density at radius 2 is 2.03 bits per heavy atom. The van der Waals surface area contributed by atoms with Crippen molar-refractivity contribution in [3.63, 3.8) is 0 Å². The number of morpholine rings is 1. The van der Waals surface area contributed by atoms with Gasteiger partial charge in [-0.2, -0.15) is 0 Å². The normalized spacial score (nSPS) is 16.6. The topological polar surface area (TPSA) is 63.7 Å². The molecule has 1 N–H and O–H groups in total. The molecule has 1 amide bonds.